The molecule has 0 saturated carbocycles. The van der Waals surface area contributed by atoms with Crippen LogP contribution >= 0.6 is 0 Å². The van der Waals surface area contributed by atoms with Crippen LogP contribution in [0.15, 0.2) is 54.7 Å². The summed E-state index contributed by atoms with van der Waals surface area (Å²) in [7, 11) is 2.11. The molecule has 0 radical (unpaired) electrons. The van der Waals surface area contributed by atoms with Gasteiger partial charge in [0.15, 0.2) is 11.5 Å². The van der Waals surface area contributed by atoms with E-state index in [1.165, 1.54) is 18.3 Å². The van der Waals surface area contributed by atoms with Gasteiger partial charge in [0.05, 0.1) is 11.8 Å². The van der Waals surface area contributed by atoms with E-state index in [-0.39, 0.29) is 23.1 Å². The summed E-state index contributed by atoms with van der Waals surface area (Å²) in [6.07, 6.45) is -1.55. The number of rotatable bonds is 7. The average Bonchev–Trinajstić information content (AvgIpc) is 2.97. The largest absolute Gasteiger partial charge is 0.416 e. The molecule has 3 aromatic rings. The monoisotopic (exact) mass is 582 g/mol. The van der Waals surface area contributed by atoms with Crippen molar-refractivity contribution in [2.24, 2.45) is 5.73 Å². The summed E-state index contributed by atoms with van der Waals surface area (Å²) in [5.74, 6) is -0.438. The maximum Gasteiger partial charge on any atom is 0.416 e. The molecule has 0 spiro atoms. The second kappa shape index (κ2) is 12.2. The Morgan fingerprint density at radius 3 is 2.29 bits per heavy atom. The molecule has 222 valence electrons. The molecule has 0 unspecified atom stereocenters. The van der Waals surface area contributed by atoms with Crippen molar-refractivity contribution in [3.05, 3.63) is 71.5 Å². The third-order valence-electron chi connectivity index (χ3n) is 7.55. The van der Waals surface area contributed by atoms with Crippen LogP contribution in [0.1, 0.15) is 39.3 Å². The first-order valence-electron chi connectivity index (χ1n) is 13.8. The van der Waals surface area contributed by atoms with Gasteiger partial charge in [-0.1, -0.05) is 0 Å². The molecule has 1 atom stereocenters. The normalized spacial score (nSPS) is 18.0. The maximum absolute atomic E-state index is 12.9. The molecule has 0 bridgehead atoms. The van der Waals surface area contributed by atoms with Crippen LogP contribution in [0.5, 0.6) is 0 Å². The standard InChI is InChI=1S/C29H33F3N8O2/c1-38-13-15-39(16-14-38)23-10-8-21(9-11-23)35-27-25(26(33)41)34-17-24(37-27)40-12-2-3-22(18-40)36-28(42)19-4-6-20(7-5-19)29(30,31)32/h4-11,17,22H,2-3,12-16,18H2,1H3,(H2,33,41)(H,35,37)(H,36,42)/t22-/m1/s1. The molecule has 42 heavy (non-hydrogen) atoms. The number of primary amides is 1. The molecule has 2 saturated heterocycles. The average molecular weight is 583 g/mol. The zero-order valence-electron chi connectivity index (χ0n) is 23.2. The summed E-state index contributed by atoms with van der Waals surface area (Å²) in [4.78, 5) is 40.3. The molecular weight excluding hydrogens is 549 g/mol. The van der Waals surface area contributed by atoms with Crippen molar-refractivity contribution in [1.82, 2.24) is 20.2 Å². The van der Waals surface area contributed by atoms with E-state index in [0.29, 0.717) is 25.3 Å². The maximum atomic E-state index is 12.9. The van der Waals surface area contributed by atoms with Gasteiger partial charge in [0.25, 0.3) is 11.8 Å². The summed E-state index contributed by atoms with van der Waals surface area (Å²) in [5, 5.41) is 6.08. The van der Waals surface area contributed by atoms with E-state index in [0.717, 1.165) is 56.1 Å². The lowest BCUT2D eigenvalue weighted by atomic mass is 10.0. The highest BCUT2D eigenvalue weighted by molar-refractivity contribution is 5.96. The van der Waals surface area contributed by atoms with Crippen molar-refractivity contribution < 1.29 is 22.8 Å². The third-order valence-corrected chi connectivity index (χ3v) is 7.55. The molecule has 1 aromatic heterocycles. The smallest absolute Gasteiger partial charge is 0.369 e. The Labute approximate surface area is 241 Å². The van der Waals surface area contributed by atoms with Crippen molar-refractivity contribution in [2.45, 2.75) is 25.1 Å². The summed E-state index contributed by atoms with van der Waals surface area (Å²) < 4.78 is 38.6. The predicted molar refractivity (Wildman–Crippen MR) is 154 cm³/mol. The fourth-order valence-electron chi connectivity index (χ4n) is 5.14. The summed E-state index contributed by atoms with van der Waals surface area (Å²) in [6, 6.07) is 11.7. The topological polar surface area (TPSA) is 120 Å². The number of likely N-dealkylation sites (N-methyl/N-ethyl adjacent to an activating group) is 1. The SMILES string of the molecule is CN1CCN(c2ccc(Nc3nc(N4CCC[C@@H](NC(=O)c5ccc(C(F)(F)F)cc5)C4)cnc3C(N)=O)cc2)CC1. The number of carbonyl (C=O) groups is 2. The Hall–Kier alpha value is -4.39. The fourth-order valence-corrected chi connectivity index (χ4v) is 5.14. The van der Waals surface area contributed by atoms with Gasteiger partial charge in [-0.2, -0.15) is 13.2 Å². The molecule has 2 fully saturated rings. The highest BCUT2D eigenvalue weighted by atomic mass is 19.4. The fraction of sp³-hybridized carbons (Fsp3) is 0.379. The highest BCUT2D eigenvalue weighted by Gasteiger charge is 2.30. The number of benzene rings is 2. The number of hydrogen-bond acceptors (Lipinski definition) is 8. The van der Waals surface area contributed by atoms with E-state index in [1.54, 1.807) is 0 Å². The zero-order chi connectivity index (χ0) is 29.9. The number of piperidine rings is 1. The van der Waals surface area contributed by atoms with Crippen LogP contribution in [-0.4, -0.2) is 79.0 Å². The van der Waals surface area contributed by atoms with Crippen molar-refractivity contribution in [3.8, 4) is 0 Å². The van der Waals surface area contributed by atoms with Crippen LogP contribution in [0.4, 0.5) is 36.2 Å². The first-order valence-corrected chi connectivity index (χ1v) is 13.8. The number of piperazine rings is 1. The lowest BCUT2D eigenvalue weighted by Crippen LogP contribution is -2.48. The van der Waals surface area contributed by atoms with Gasteiger partial charge in [-0.15, -0.1) is 0 Å². The number of aromatic nitrogens is 2. The van der Waals surface area contributed by atoms with Crippen molar-refractivity contribution in [3.63, 3.8) is 0 Å². The number of halogens is 3. The first-order chi connectivity index (χ1) is 20.1. The number of nitrogens with zero attached hydrogens (tertiary/aromatic N) is 5. The van der Waals surface area contributed by atoms with Gasteiger partial charge in [-0.3, -0.25) is 9.59 Å². The quantitative estimate of drug-likeness (QED) is 0.388. The minimum atomic E-state index is -4.47. The van der Waals surface area contributed by atoms with E-state index in [2.05, 4.69) is 37.4 Å². The Bertz CT molecular complexity index is 1410. The number of anilines is 4. The van der Waals surface area contributed by atoms with Gasteiger partial charge < -0.3 is 31.1 Å². The van der Waals surface area contributed by atoms with Crippen LogP contribution < -0.4 is 26.2 Å². The second-order valence-electron chi connectivity index (χ2n) is 10.6. The molecule has 2 amide bonds. The molecule has 0 aliphatic carbocycles. The summed E-state index contributed by atoms with van der Waals surface area (Å²) >= 11 is 0. The Balaban J connectivity index is 1.26. The zero-order valence-corrected chi connectivity index (χ0v) is 23.2. The Morgan fingerprint density at radius 2 is 1.64 bits per heavy atom. The minimum Gasteiger partial charge on any atom is -0.369 e. The molecule has 10 nitrogen and oxygen atoms in total. The van der Waals surface area contributed by atoms with Gasteiger partial charge in [-0.05, 0) is 68.4 Å². The van der Waals surface area contributed by atoms with Crippen LogP contribution in [0.2, 0.25) is 0 Å². The van der Waals surface area contributed by atoms with Gasteiger partial charge in [0.2, 0.25) is 0 Å². The molecule has 2 aliphatic heterocycles. The summed E-state index contributed by atoms with van der Waals surface area (Å²) in [5.41, 5.74) is 6.76. The van der Waals surface area contributed by atoms with Crippen molar-refractivity contribution >= 4 is 34.8 Å². The van der Waals surface area contributed by atoms with E-state index in [1.807, 2.05) is 29.2 Å². The number of hydrogen-bond donors (Lipinski definition) is 3. The Kier molecular flexibility index (Phi) is 8.48. The van der Waals surface area contributed by atoms with Crippen molar-refractivity contribution in [1.29, 1.82) is 0 Å². The number of nitrogens with one attached hydrogen (secondary N) is 2. The van der Waals surface area contributed by atoms with Gasteiger partial charge in [-0.25, -0.2) is 9.97 Å². The van der Waals surface area contributed by atoms with E-state index < -0.39 is 23.6 Å². The Morgan fingerprint density at radius 1 is 0.952 bits per heavy atom. The van der Waals surface area contributed by atoms with Gasteiger partial charge in [0, 0.05) is 62.2 Å². The molecule has 2 aromatic carbocycles. The van der Waals surface area contributed by atoms with Crippen LogP contribution in [0.25, 0.3) is 0 Å². The minimum absolute atomic E-state index is 0.00561. The number of nitrogens with two attached hydrogens (primary N) is 1. The number of alkyl halides is 3. The number of amides is 2. The van der Waals surface area contributed by atoms with E-state index in [4.69, 9.17) is 5.73 Å². The lowest BCUT2D eigenvalue weighted by Gasteiger charge is -2.34. The van der Waals surface area contributed by atoms with Gasteiger partial charge >= 0.3 is 6.18 Å². The van der Waals surface area contributed by atoms with Gasteiger partial charge in [0.1, 0.15) is 5.82 Å². The highest BCUT2D eigenvalue weighted by Crippen LogP contribution is 2.29. The van der Waals surface area contributed by atoms with Crippen molar-refractivity contribution in [2.75, 3.05) is 61.4 Å². The lowest BCUT2D eigenvalue weighted by molar-refractivity contribution is -0.137. The molecule has 2 aliphatic rings. The molecule has 5 rings (SSSR count). The molecular formula is C29H33F3N8O2. The van der Waals surface area contributed by atoms with Crippen LogP contribution in [0.3, 0.4) is 0 Å². The second-order valence-corrected chi connectivity index (χ2v) is 10.6. The molecule has 13 heteroatoms. The molecule has 4 N–H and O–H groups in total. The molecule has 3 heterocycles. The predicted octanol–water partition coefficient (Wildman–Crippen LogP) is 3.49. The first kappa shape index (κ1) is 29.1. The van der Waals surface area contributed by atoms with E-state index in [9.17, 15) is 22.8 Å². The van der Waals surface area contributed by atoms with Crippen LogP contribution in [-0.2, 0) is 6.18 Å². The summed E-state index contributed by atoms with van der Waals surface area (Å²) in [6.45, 7) is 4.96. The number of carbonyl (C=O) groups excluding carboxylic acids is 2. The third kappa shape index (κ3) is 6.90. The van der Waals surface area contributed by atoms with E-state index >= 15 is 0 Å². The van der Waals surface area contributed by atoms with Crippen LogP contribution in [0, 0.1) is 0 Å².